The maximum Gasteiger partial charge on any atom is 0.176 e. The molecule has 0 saturated heterocycles. The highest BCUT2D eigenvalue weighted by atomic mass is 16.1. The summed E-state index contributed by atoms with van der Waals surface area (Å²) in [5, 5.41) is 8.71. The molecule has 0 fully saturated rings. The van der Waals surface area contributed by atoms with Crippen molar-refractivity contribution in [3.63, 3.8) is 0 Å². The second kappa shape index (κ2) is 6.93. The monoisotopic (exact) mass is 244 g/mol. The molecule has 3 heteroatoms. The maximum absolute atomic E-state index is 12.1. The van der Waals surface area contributed by atoms with Crippen LogP contribution in [0.25, 0.3) is 0 Å². The first-order valence-corrected chi connectivity index (χ1v) is 6.39. The first-order chi connectivity index (χ1) is 8.62. The van der Waals surface area contributed by atoms with Crippen LogP contribution in [0.2, 0.25) is 0 Å². The van der Waals surface area contributed by atoms with Crippen LogP contribution < -0.4 is 0 Å². The van der Waals surface area contributed by atoms with Crippen LogP contribution in [0.3, 0.4) is 0 Å². The Kier molecular flexibility index (Phi) is 5.54. The minimum atomic E-state index is 0.113. The molecule has 0 aliphatic heterocycles. The van der Waals surface area contributed by atoms with Gasteiger partial charge in [-0.1, -0.05) is 26.0 Å². The molecule has 0 aromatic heterocycles. The summed E-state index contributed by atoms with van der Waals surface area (Å²) in [6.07, 6.45) is 1.04. The van der Waals surface area contributed by atoms with Gasteiger partial charge in [-0.15, -0.1) is 0 Å². The molecule has 0 saturated carbocycles. The van der Waals surface area contributed by atoms with E-state index in [1.807, 2.05) is 0 Å². The van der Waals surface area contributed by atoms with Crippen LogP contribution in [-0.4, -0.2) is 29.8 Å². The number of benzene rings is 1. The zero-order chi connectivity index (χ0) is 13.5. The third-order valence-electron chi connectivity index (χ3n) is 3.30. The first kappa shape index (κ1) is 14.4. The highest BCUT2D eigenvalue weighted by molar-refractivity contribution is 5.97. The molecular weight excluding hydrogens is 224 g/mol. The molecule has 0 aliphatic rings. The van der Waals surface area contributed by atoms with E-state index >= 15 is 0 Å². The Balaban J connectivity index is 2.72. The number of hydrogen-bond acceptors (Lipinski definition) is 3. The highest BCUT2D eigenvalue weighted by Gasteiger charge is 2.15. The zero-order valence-electron chi connectivity index (χ0n) is 11.3. The Bertz CT molecular complexity index is 431. The molecule has 0 aliphatic carbocycles. The lowest BCUT2D eigenvalue weighted by Crippen LogP contribution is -2.36. The number of nitrogens with zero attached hydrogens (tertiary/aromatic N) is 2. The van der Waals surface area contributed by atoms with E-state index in [-0.39, 0.29) is 5.78 Å². The van der Waals surface area contributed by atoms with Gasteiger partial charge in [-0.3, -0.25) is 9.69 Å². The summed E-state index contributed by atoms with van der Waals surface area (Å²) in [6, 6.07) is 9.29. The number of carbonyl (C=O) groups excluding carboxylic acids is 1. The van der Waals surface area contributed by atoms with Crippen molar-refractivity contribution in [2.75, 3.05) is 13.1 Å². The molecule has 96 valence electrons. The normalized spacial score (nSPS) is 12.2. The van der Waals surface area contributed by atoms with E-state index in [0.29, 0.717) is 23.7 Å². The Morgan fingerprint density at radius 2 is 1.94 bits per heavy atom. The molecule has 1 atom stereocenters. The summed E-state index contributed by atoms with van der Waals surface area (Å²) in [6.45, 7) is 7.64. The van der Waals surface area contributed by atoms with Crippen molar-refractivity contribution in [1.82, 2.24) is 4.90 Å². The zero-order valence-corrected chi connectivity index (χ0v) is 11.3. The number of carbonyl (C=O) groups is 1. The number of nitriles is 1. The fraction of sp³-hybridized carbons (Fsp3) is 0.467. The van der Waals surface area contributed by atoms with Gasteiger partial charge in [-0.05, 0) is 32.0 Å². The number of likely N-dealkylation sites (N-methyl/N-ethyl adjacent to an activating group) is 1. The predicted molar refractivity (Wildman–Crippen MR) is 72.5 cm³/mol. The average Bonchev–Trinajstić information content (AvgIpc) is 2.43. The Hall–Kier alpha value is -1.66. The van der Waals surface area contributed by atoms with Crippen molar-refractivity contribution in [3.8, 4) is 6.07 Å². The SMILES string of the molecule is CCC(C)N(CC)CC(=O)c1ccc(C#N)cc1. The second-order valence-electron chi connectivity index (χ2n) is 4.43. The van der Waals surface area contributed by atoms with Gasteiger partial charge in [0.2, 0.25) is 0 Å². The van der Waals surface area contributed by atoms with Crippen molar-refractivity contribution < 1.29 is 4.79 Å². The van der Waals surface area contributed by atoms with E-state index in [1.54, 1.807) is 24.3 Å². The lowest BCUT2D eigenvalue weighted by molar-refractivity contribution is 0.0902. The molecule has 1 unspecified atom stereocenters. The minimum absolute atomic E-state index is 0.113. The van der Waals surface area contributed by atoms with E-state index in [1.165, 1.54) is 0 Å². The largest absolute Gasteiger partial charge is 0.293 e. The summed E-state index contributed by atoms with van der Waals surface area (Å²) in [5.74, 6) is 0.113. The summed E-state index contributed by atoms with van der Waals surface area (Å²) >= 11 is 0. The van der Waals surface area contributed by atoms with E-state index in [9.17, 15) is 4.79 Å². The smallest absolute Gasteiger partial charge is 0.176 e. The highest BCUT2D eigenvalue weighted by Crippen LogP contribution is 2.08. The van der Waals surface area contributed by atoms with Crippen molar-refractivity contribution in [2.24, 2.45) is 0 Å². The van der Waals surface area contributed by atoms with Crippen LogP contribution in [0.4, 0.5) is 0 Å². The van der Waals surface area contributed by atoms with Gasteiger partial charge in [-0.2, -0.15) is 5.26 Å². The van der Waals surface area contributed by atoms with Gasteiger partial charge < -0.3 is 0 Å². The average molecular weight is 244 g/mol. The topological polar surface area (TPSA) is 44.1 Å². The van der Waals surface area contributed by atoms with Crippen molar-refractivity contribution in [2.45, 2.75) is 33.2 Å². The third-order valence-corrected chi connectivity index (χ3v) is 3.30. The van der Waals surface area contributed by atoms with Gasteiger partial charge in [-0.25, -0.2) is 0 Å². The molecule has 0 amide bonds. The Labute approximate surface area is 109 Å². The van der Waals surface area contributed by atoms with Crippen molar-refractivity contribution in [1.29, 1.82) is 5.26 Å². The van der Waals surface area contributed by atoms with Crippen LogP contribution in [-0.2, 0) is 0 Å². The summed E-state index contributed by atoms with van der Waals surface area (Å²) in [5.41, 5.74) is 1.26. The number of rotatable bonds is 6. The molecule has 0 heterocycles. The van der Waals surface area contributed by atoms with Crippen LogP contribution in [0.1, 0.15) is 43.1 Å². The molecule has 1 rings (SSSR count). The van der Waals surface area contributed by atoms with Gasteiger partial charge >= 0.3 is 0 Å². The fourth-order valence-corrected chi connectivity index (χ4v) is 1.84. The number of Topliss-reactive ketones (excluding diaryl/α,β-unsaturated/α-hetero) is 1. The van der Waals surface area contributed by atoms with Gasteiger partial charge in [0, 0.05) is 11.6 Å². The summed E-state index contributed by atoms with van der Waals surface area (Å²) in [4.78, 5) is 14.3. The van der Waals surface area contributed by atoms with E-state index in [2.05, 4.69) is 31.7 Å². The minimum Gasteiger partial charge on any atom is -0.293 e. The van der Waals surface area contributed by atoms with Gasteiger partial charge in [0.05, 0.1) is 18.2 Å². The quantitative estimate of drug-likeness (QED) is 0.723. The lowest BCUT2D eigenvalue weighted by Gasteiger charge is -2.26. The lowest BCUT2D eigenvalue weighted by atomic mass is 10.1. The number of hydrogen-bond donors (Lipinski definition) is 0. The van der Waals surface area contributed by atoms with Gasteiger partial charge in [0.25, 0.3) is 0 Å². The van der Waals surface area contributed by atoms with Crippen molar-refractivity contribution >= 4 is 5.78 Å². The maximum atomic E-state index is 12.1. The molecule has 0 bridgehead atoms. The molecule has 0 N–H and O–H groups in total. The first-order valence-electron chi connectivity index (χ1n) is 6.39. The molecule has 1 aromatic rings. The molecule has 1 aromatic carbocycles. The van der Waals surface area contributed by atoms with Crippen LogP contribution in [0.15, 0.2) is 24.3 Å². The molecular formula is C15H20N2O. The van der Waals surface area contributed by atoms with Gasteiger partial charge in [0.1, 0.15) is 0 Å². The van der Waals surface area contributed by atoms with Crippen LogP contribution in [0.5, 0.6) is 0 Å². The van der Waals surface area contributed by atoms with Crippen LogP contribution in [0, 0.1) is 11.3 Å². The molecule has 0 radical (unpaired) electrons. The van der Waals surface area contributed by atoms with E-state index < -0.39 is 0 Å². The predicted octanol–water partition coefficient (Wildman–Crippen LogP) is 2.86. The van der Waals surface area contributed by atoms with E-state index in [4.69, 9.17) is 5.26 Å². The van der Waals surface area contributed by atoms with Gasteiger partial charge in [0.15, 0.2) is 5.78 Å². The molecule has 0 spiro atoms. The second-order valence-corrected chi connectivity index (χ2v) is 4.43. The molecule has 3 nitrogen and oxygen atoms in total. The Morgan fingerprint density at radius 1 is 1.33 bits per heavy atom. The van der Waals surface area contributed by atoms with Crippen molar-refractivity contribution in [3.05, 3.63) is 35.4 Å². The van der Waals surface area contributed by atoms with Crippen LogP contribution >= 0.6 is 0 Å². The summed E-state index contributed by atoms with van der Waals surface area (Å²) < 4.78 is 0. The third kappa shape index (κ3) is 3.68. The van der Waals surface area contributed by atoms with E-state index in [0.717, 1.165) is 13.0 Å². The standard InChI is InChI=1S/C15H20N2O/c1-4-12(3)17(5-2)11-15(18)14-8-6-13(10-16)7-9-14/h6-9,12H,4-5,11H2,1-3H3. The molecule has 18 heavy (non-hydrogen) atoms. The summed E-state index contributed by atoms with van der Waals surface area (Å²) in [7, 11) is 0. The fourth-order valence-electron chi connectivity index (χ4n) is 1.84. The number of ketones is 1. The Morgan fingerprint density at radius 3 is 2.39 bits per heavy atom.